The number of aliphatic carboxylic acids is 1. The second kappa shape index (κ2) is 12.3. The van der Waals surface area contributed by atoms with Crippen LogP contribution in [0.2, 0.25) is 0 Å². The minimum atomic E-state index is -1.48. The molecule has 0 saturated carbocycles. The summed E-state index contributed by atoms with van der Waals surface area (Å²) in [5.74, 6) is -4.59. The van der Waals surface area contributed by atoms with Gasteiger partial charge < -0.3 is 31.9 Å². The fourth-order valence-corrected chi connectivity index (χ4v) is 2.53. The van der Waals surface area contributed by atoms with E-state index in [2.05, 4.69) is 10.6 Å². The summed E-state index contributed by atoms with van der Waals surface area (Å²) in [5.41, 5.74) is 10.7. The number of carboxylic acids is 1. The van der Waals surface area contributed by atoms with Crippen molar-refractivity contribution < 1.29 is 33.8 Å². The first-order valence-electron chi connectivity index (χ1n) is 9.64. The van der Waals surface area contributed by atoms with Gasteiger partial charge >= 0.3 is 11.9 Å². The minimum Gasteiger partial charge on any atom is -0.481 e. The molecule has 0 radical (unpaired) electrons. The van der Waals surface area contributed by atoms with Crippen molar-refractivity contribution in [3.8, 4) is 5.75 Å². The number of para-hydroxylation sites is 1. The van der Waals surface area contributed by atoms with Gasteiger partial charge in [-0.2, -0.15) is 0 Å². The van der Waals surface area contributed by atoms with Crippen LogP contribution in [0.25, 0.3) is 0 Å². The van der Waals surface area contributed by atoms with Crippen molar-refractivity contribution in [1.29, 1.82) is 0 Å². The zero-order valence-corrected chi connectivity index (χ0v) is 17.4. The Hall–Kier alpha value is -3.47. The standard InChI is InChI=1S/C20H28N4O7/c1-11(2)17(24-18(28)13(21)8-9-15(22)25)19(29)23-14(10-16(26)27)20(30)31-12-6-4-3-5-7-12/h3-7,11,13-14,17H,8-10,21H2,1-2H3,(H2,22,25)(H,23,29)(H,24,28)(H,26,27)/t13-,14-,17-/m0/s1. The summed E-state index contributed by atoms with van der Waals surface area (Å²) in [4.78, 5) is 59.4. The highest BCUT2D eigenvalue weighted by atomic mass is 16.5. The number of carbonyl (C=O) groups excluding carboxylic acids is 4. The lowest BCUT2D eigenvalue weighted by molar-refractivity contribution is -0.146. The molecule has 3 amide bonds. The molecule has 0 heterocycles. The molecule has 1 rings (SSSR count). The van der Waals surface area contributed by atoms with E-state index in [0.29, 0.717) is 0 Å². The first kappa shape index (κ1) is 25.6. The second-order valence-corrected chi connectivity index (χ2v) is 7.23. The third kappa shape index (κ3) is 9.26. The third-order valence-electron chi connectivity index (χ3n) is 4.23. The molecule has 0 aliphatic heterocycles. The predicted octanol–water partition coefficient (Wildman–Crippen LogP) is -0.715. The van der Waals surface area contributed by atoms with Gasteiger partial charge in [0.05, 0.1) is 12.5 Å². The van der Waals surface area contributed by atoms with Crippen molar-refractivity contribution >= 4 is 29.7 Å². The molecule has 0 aliphatic carbocycles. The number of nitrogens with two attached hydrogens (primary N) is 2. The summed E-state index contributed by atoms with van der Waals surface area (Å²) in [6.45, 7) is 3.29. The van der Waals surface area contributed by atoms with Crippen LogP contribution >= 0.6 is 0 Å². The van der Waals surface area contributed by atoms with Crippen LogP contribution in [0.5, 0.6) is 5.75 Å². The van der Waals surface area contributed by atoms with Gasteiger partial charge in [-0.1, -0.05) is 32.0 Å². The number of hydrogen-bond donors (Lipinski definition) is 5. The van der Waals surface area contributed by atoms with Gasteiger partial charge in [0.15, 0.2) is 0 Å². The highest BCUT2D eigenvalue weighted by Crippen LogP contribution is 2.11. The molecule has 0 unspecified atom stereocenters. The number of hydrogen-bond acceptors (Lipinski definition) is 7. The molecule has 1 aromatic rings. The number of primary amides is 1. The molecule has 0 aromatic heterocycles. The van der Waals surface area contributed by atoms with E-state index in [1.165, 1.54) is 12.1 Å². The molecule has 1 aromatic carbocycles. The number of nitrogens with one attached hydrogen (secondary N) is 2. The van der Waals surface area contributed by atoms with Crippen LogP contribution < -0.4 is 26.8 Å². The number of benzene rings is 1. The number of ether oxygens (including phenoxy) is 1. The second-order valence-electron chi connectivity index (χ2n) is 7.23. The fourth-order valence-electron chi connectivity index (χ4n) is 2.53. The third-order valence-corrected chi connectivity index (χ3v) is 4.23. The zero-order valence-electron chi connectivity index (χ0n) is 17.4. The van der Waals surface area contributed by atoms with Crippen LogP contribution in [0.4, 0.5) is 0 Å². The van der Waals surface area contributed by atoms with Gasteiger partial charge in [-0.3, -0.25) is 19.2 Å². The summed E-state index contributed by atoms with van der Waals surface area (Å²) in [7, 11) is 0. The SMILES string of the molecule is CC(C)[C@H](NC(=O)[C@@H](N)CCC(N)=O)C(=O)N[C@@H](CC(=O)O)C(=O)Oc1ccccc1. The van der Waals surface area contributed by atoms with Crippen molar-refractivity contribution in [2.24, 2.45) is 17.4 Å². The van der Waals surface area contributed by atoms with Crippen LogP contribution in [0.15, 0.2) is 30.3 Å². The van der Waals surface area contributed by atoms with Gasteiger partial charge in [0.25, 0.3) is 0 Å². The molecular formula is C20H28N4O7. The summed E-state index contributed by atoms with van der Waals surface area (Å²) >= 11 is 0. The Labute approximate surface area is 179 Å². The Morgan fingerprint density at radius 2 is 1.65 bits per heavy atom. The highest BCUT2D eigenvalue weighted by Gasteiger charge is 2.32. The first-order valence-corrected chi connectivity index (χ1v) is 9.64. The maximum Gasteiger partial charge on any atom is 0.334 e. The normalized spacial score (nSPS) is 13.5. The lowest BCUT2D eigenvalue weighted by Gasteiger charge is -2.25. The fraction of sp³-hybridized carbons (Fsp3) is 0.450. The largest absolute Gasteiger partial charge is 0.481 e. The van der Waals surface area contributed by atoms with Crippen LogP contribution in [-0.2, 0) is 24.0 Å². The Bertz CT molecular complexity index is 798. The Kier molecular flexibility index (Phi) is 10.1. The molecular weight excluding hydrogens is 408 g/mol. The number of carboxylic acid groups (broad SMARTS) is 1. The molecule has 0 spiro atoms. The lowest BCUT2D eigenvalue weighted by atomic mass is 10.0. The van der Waals surface area contributed by atoms with E-state index in [1.54, 1.807) is 32.0 Å². The van der Waals surface area contributed by atoms with Gasteiger partial charge in [0, 0.05) is 6.42 Å². The molecule has 31 heavy (non-hydrogen) atoms. The van der Waals surface area contributed by atoms with E-state index in [4.69, 9.17) is 21.3 Å². The average molecular weight is 436 g/mol. The van der Waals surface area contributed by atoms with Crippen molar-refractivity contribution in [2.75, 3.05) is 0 Å². The van der Waals surface area contributed by atoms with Crippen molar-refractivity contribution in [1.82, 2.24) is 10.6 Å². The van der Waals surface area contributed by atoms with Crippen molar-refractivity contribution in [2.45, 2.75) is 51.2 Å². The first-order chi connectivity index (χ1) is 14.5. The number of carbonyl (C=O) groups is 5. The van der Waals surface area contributed by atoms with Crippen LogP contribution in [0, 0.1) is 5.92 Å². The van der Waals surface area contributed by atoms with Crippen LogP contribution in [-0.4, -0.2) is 52.9 Å². The van der Waals surface area contributed by atoms with Crippen LogP contribution in [0.3, 0.4) is 0 Å². The Morgan fingerprint density at radius 3 is 2.16 bits per heavy atom. The van der Waals surface area contributed by atoms with Gasteiger partial charge in [-0.15, -0.1) is 0 Å². The maximum absolute atomic E-state index is 12.7. The molecule has 0 bridgehead atoms. The summed E-state index contributed by atoms with van der Waals surface area (Å²) in [6.07, 6.45) is -0.813. The summed E-state index contributed by atoms with van der Waals surface area (Å²) in [6, 6.07) is 4.31. The topological polar surface area (TPSA) is 191 Å². The highest BCUT2D eigenvalue weighted by molar-refractivity contribution is 5.93. The smallest absolute Gasteiger partial charge is 0.334 e. The van der Waals surface area contributed by atoms with E-state index in [9.17, 15) is 24.0 Å². The summed E-state index contributed by atoms with van der Waals surface area (Å²) in [5, 5.41) is 13.9. The molecule has 0 fully saturated rings. The quantitative estimate of drug-likeness (QED) is 0.209. The van der Waals surface area contributed by atoms with E-state index in [1.807, 2.05) is 0 Å². The van der Waals surface area contributed by atoms with E-state index in [0.717, 1.165) is 0 Å². The van der Waals surface area contributed by atoms with Gasteiger partial charge in [0.1, 0.15) is 17.8 Å². The molecule has 11 heteroatoms. The molecule has 170 valence electrons. The van der Waals surface area contributed by atoms with E-state index >= 15 is 0 Å². The zero-order chi connectivity index (χ0) is 23.6. The van der Waals surface area contributed by atoms with E-state index < -0.39 is 60.1 Å². The van der Waals surface area contributed by atoms with Gasteiger partial charge in [-0.05, 0) is 24.5 Å². The number of amides is 3. The predicted molar refractivity (Wildman–Crippen MR) is 109 cm³/mol. The monoisotopic (exact) mass is 436 g/mol. The minimum absolute atomic E-state index is 0.00135. The van der Waals surface area contributed by atoms with Gasteiger partial charge in [0.2, 0.25) is 17.7 Å². The van der Waals surface area contributed by atoms with Gasteiger partial charge in [-0.25, -0.2) is 4.79 Å². The number of esters is 1. The maximum atomic E-state index is 12.7. The molecule has 3 atom stereocenters. The average Bonchev–Trinajstić information content (AvgIpc) is 2.69. The van der Waals surface area contributed by atoms with E-state index in [-0.39, 0.29) is 18.6 Å². The molecule has 11 nitrogen and oxygen atoms in total. The Balaban J connectivity index is 2.86. The molecule has 0 aliphatic rings. The molecule has 7 N–H and O–H groups in total. The lowest BCUT2D eigenvalue weighted by Crippen LogP contribution is -2.57. The van der Waals surface area contributed by atoms with Crippen molar-refractivity contribution in [3.63, 3.8) is 0 Å². The molecule has 0 saturated heterocycles. The number of rotatable bonds is 12. The van der Waals surface area contributed by atoms with Crippen LogP contribution in [0.1, 0.15) is 33.1 Å². The summed E-state index contributed by atoms with van der Waals surface area (Å²) < 4.78 is 5.12. The van der Waals surface area contributed by atoms with Crippen molar-refractivity contribution in [3.05, 3.63) is 30.3 Å². The Morgan fingerprint density at radius 1 is 1.03 bits per heavy atom.